The zero-order chi connectivity index (χ0) is 19.7. The molecule has 140 valence electrons. The van der Waals surface area contributed by atoms with Crippen molar-refractivity contribution >= 4 is 17.8 Å². The van der Waals surface area contributed by atoms with E-state index in [9.17, 15) is 0 Å². The highest BCUT2D eigenvalue weighted by Crippen LogP contribution is 2.49. The van der Waals surface area contributed by atoms with Gasteiger partial charge in [-0.15, -0.1) is 0 Å². The van der Waals surface area contributed by atoms with Crippen molar-refractivity contribution in [2.45, 2.75) is 31.7 Å². The lowest BCUT2D eigenvalue weighted by molar-refractivity contribution is 0.628. The summed E-state index contributed by atoms with van der Waals surface area (Å²) in [5.41, 5.74) is 9.74. The molecule has 0 atom stereocenters. The first-order valence-corrected chi connectivity index (χ1v) is 9.88. The molecule has 1 fully saturated rings. The first-order chi connectivity index (χ1) is 13.5. The zero-order valence-electron chi connectivity index (χ0n) is 16.6. The highest BCUT2D eigenvalue weighted by Gasteiger charge is 2.46. The Hall–Kier alpha value is -3.06. The van der Waals surface area contributed by atoms with E-state index in [0.717, 1.165) is 36.1 Å². The minimum absolute atomic E-state index is 0.0209. The fourth-order valence-corrected chi connectivity index (χ4v) is 4.10. The summed E-state index contributed by atoms with van der Waals surface area (Å²) in [6.07, 6.45) is 13.6. The van der Waals surface area contributed by atoms with E-state index in [4.69, 9.17) is 0 Å². The van der Waals surface area contributed by atoms with Gasteiger partial charge < -0.3 is 5.32 Å². The van der Waals surface area contributed by atoms with E-state index >= 15 is 0 Å². The molecule has 2 aliphatic carbocycles. The second-order valence-corrected chi connectivity index (χ2v) is 7.84. The van der Waals surface area contributed by atoms with Crippen LogP contribution in [0.5, 0.6) is 0 Å². The van der Waals surface area contributed by atoms with Crippen molar-refractivity contribution < 1.29 is 0 Å². The lowest BCUT2D eigenvalue weighted by atomic mass is 9.91. The van der Waals surface area contributed by atoms with E-state index in [-0.39, 0.29) is 5.54 Å². The van der Waals surface area contributed by atoms with Crippen LogP contribution in [-0.4, -0.2) is 0 Å². The molecule has 2 aromatic rings. The van der Waals surface area contributed by atoms with Crippen molar-refractivity contribution in [3.8, 4) is 0 Å². The third kappa shape index (κ3) is 3.29. The topological polar surface area (TPSA) is 12.0 Å². The van der Waals surface area contributed by atoms with Gasteiger partial charge in [0.1, 0.15) is 0 Å². The van der Waals surface area contributed by atoms with Gasteiger partial charge in [0.05, 0.1) is 5.54 Å². The average molecular weight is 366 g/mol. The third-order valence-corrected chi connectivity index (χ3v) is 5.91. The molecule has 28 heavy (non-hydrogen) atoms. The molecule has 4 rings (SSSR count). The molecular weight excluding hydrogens is 338 g/mol. The van der Waals surface area contributed by atoms with Crippen molar-refractivity contribution in [1.29, 1.82) is 0 Å². The number of hydrogen-bond acceptors (Lipinski definition) is 1. The van der Waals surface area contributed by atoms with Gasteiger partial charge >= 0.3 is 0 Å². The Morgan fingerprint density at radius 1 is 1.07 bits per heavy atom. The largest absolute Gasteiger partial charge is 0.375 e. The maximum Gasteiger partial charge on any atom is 0.0633 e. The van der Waals surface area contributed by atoms with Crippen molar-refractivity contribution in [3.63, 3.8) is 0 Å². The molecule has 0 radical (unpaired) electrons. The summed E-state index contributed by atoms with van der Waals surface area (Å²) in [6, 6.07) is 13.0. The molecule has 0 unspecified atom stereocenters. The standard InChI is InChI=1S/C27H27N/c1-5-19(2)18-23-11-7-9-13-25(23)21(4)28-27(16-17-27)26-15-14-22-10-6-8-12-24(26)20(22)3/h5-15,28H,1-2,4,16-18H2,3H3. The van der Waals surface area contributed by atoms with Crippen LogP contribution < -0.4 is 5.32 Å². The van der Waals surface area contributed by atoms with Gasteiger partial charge in [-0.05, 0) is 54.0 Å². The van der Waals surface area contributed by atoms with E-state index in [2.05, 4.69) is 92.7 Å². The Labute approximate surface area is 168 Å². The average Bonchev–Trinajstić information content (AvgIpc) is 3.48. The first kappa shape index (κ1) is 18.3. The smallest absolute Gasteiger partial charge is 0.0633 e. The predicted molar refractivity (Wildman–Crippen MR) is 122 cm³/mol. The molecule has 0 aliphatic heterocycles. The maximum absolute atomic E-state index is 4.40. The number of benzene rings is 2. The molecule has 0 spiro atoms. The molecule has 1 saturated carbocycles. The lowest BCUT2D eigenvalue weighted by Crippen LogP contribution is -2.28. The monoisotopic (exact) mass is 365 g/mol. The Kier molecular flexibility index (Phi) is 4.68. The summed E-state index contributed by atoms with van der Waals surface area (Å²) in [5, 5.41) is 3.79. The van der Waals surface area contributed by atoms with Gasteiger partial charge in [0.25, 0.3) is 0 Å². The van der Waals surface area contributed by atoms with Crippen molar-refractivity contribution in [1.82, 2.24) is 5.32 Å². The van der Waals surface area contributed by atoms with Crippen molar-refractivity contribution in [2.24, 2.45) is 0 Å². The van der Waals surface area contributed by atoms with Gasteiger partial charge in [-0.25, -0.2) is 0 Å². The molecule has 1 N–H and O–H groups in total. The molecule has 1 nitrogen and oxygen atoms in total. The van der Waals surface area contributed by atoms with Gasteiger partial charge in [-0.1, -0.05) is 92.1 Å². The van der Waals surface area contributed by atoms with Crippen LogP contribution >= 0.6 is 0 Å². The Morgan fingerprint density at radius 3 is 2.57 bits per heavy atom. The fourth-order valence-electron chi connectivity index (χ4n) is 4.10. The summed E-state index contributed by atoms with van der Waals surface area (Å²) in [6.45, 7) is 14.5. The van der Waals surface area contributed by atoms with Crippen LogP contribution in [-0.2, 0) is 12.0 Å². The summed E-state index contributed by atoms with van der Waals surface area (Å²) in [4.78, 5) is 0. The van der Waals surface area contributed by atoms with Crippen molar-refractivity contribution in [3.05, 3.63) is 113 Å². The SMILES string of the molecule is C=CC(=C)Cc1ccccc1C(=C)NC1(c2ccc3c(C)c2C=CC=C3)CC1. The molecule has 1 heteroatoms. The molecule has 0 amide bonds. The normalized spacial score (nSPS) is 15.6. The lowest BCUT2D eigenvalue weighted by Gasteiger charge is -2.25. The Morgan fingerprint density at radius 2 is 1.82 bits per heavy atom. The molecule has 2 aromatic carbocycles. The van der Waals surface area contributed by atoms with Crippen molar-refractivity contribution in [2.75, 3.05) is 0 Å². The van der Waals surface area contributed by atoms with E-state index in [1.807, 2.05) is 6.08 Å². The van der Waals surface area contributed by atoms with E-state index in [1.54, 1.807) is 0 Å². The second kappa shape index (κ2) is 7.16. The quantitative estimate of drug-likeness (QED) is 0.547. The van der Waals surface area contributed by atoms with E-state index < -0.39 is 0 Å². The summed E-state index contributed by atoms with van der Waals surface area (Å²) >= 11 is 0. The predicted octanol–water partition coefficient (Wildman–Crippen LogP) is 6.57. The van der Waals surface area contributed by atoms with Gasteiger partial charge in [0, 0.05) is 11.3 Å². The summed E-state index contributed by atoms with van der Waals surface area (Å²) in [7, 11) is 0. The van der Waals surface area contributed by atoms with Gasteiger partial charge in [-0.3, -0.25) is 0 Å². The van der Waals surface area contributed by atoms with E-state index in [1.165, 1.54) is 27.8 Å². The van der Waals surface area contributed by atoms with Crippen LogP contribution in [0.4, 0.5) is 0 Å². The Balaban J connectivity index is 1.65. The van der Waals surface area contributed by atoms with Crippen LogP contribution in [0.3, 0.4) is 0 Å². The van der Waals surface area contributed by atoms with Gasteiger partial charge in [0.2, 0.25) is 0 Å². The molecule has 2 bridgehead atoms. The highest BCUT2D eigenvalue weighted by atomic mass is 15.0. The van der Waals surface area contributed by atoms with Gasteiger partial charge in [-0.2, -0.15) is 0 Å². The van der Waals surface area contributed by atoms with Crippen LogP contribution in [0.1, 0.15) is 46.2 Å². The van der Waals surface area contributed by atoms with Crippen LogP contribution in [0.15, 0.2) is 79.9 Å². The minimum Gasteiger partial charge on any atom is -0.375 e. The number of rotatable bonds is 7. The minimum atomic E-state index is -0.0209. The molecule has 2 aliphatic rings. The second-order valence-electron chi connectivity index (χ2n) is 7.84. The van der Waals surface area contributed by atoms with Crippen LogP contribution in [0.25, 0.3) is 17.8 Å². The Bertz CT molecular complexity index is 1030. The first-order valence-electron chi connectivity index (χ1n) is 9.88. The molecule has 0 aromatic heterocycles. The summed E-state index contributed by atoms with van der Waals surface area (Å²) < 4.78 is 0. The van der Waals surface area contributed by atoms with Crippen LogP contribution in [0, 0.1) is 6.92 Å². The third-order valence-electron chi connectivity index (χ3n) is 5.91. The summed E-state index contributed by atoms with van der Waals surface area (Å²) in [5.74, 6) is 0. The fraction of sp³-hybridized carbons (Fsp3) is 0.185. The zero-order valence-corrected chi connectivity index (χ0v) is 16.6. The number of allylic oxidation sites excluding steroid dienone is 4. The molecule has 0 heterocycles. The number of fused-ring (bicyclic) bond motifs is 2. The van der Waals surface area contributed by atoms with Gasteiger partial charge in [0.15, 0.2) is 0 Å². The number of hydrogen-bond donors (Lipinski definition) is 1. The maximum atomic E-state index is 4.40. The van der Waals surface area contributed by atoms with Crippen LogP contribution in [0.2, 0.25) is 0 Å². The highest BCUT2D eigenvalue weighted by molar-refractivity contribution is 5.73. The molecular formula is C27H27N. The van der Waals surface area contributed by atoms with E-state index in [0.29, 0.717) is 0 Å². The molecule has 0 saturated heterocycles. The number of nitrogens with one attached hydrogen (secondary N) is 1.